The molecule has 0 aliphatic heterocycles. The number of carbonyl (C=O) groups is 1. The SMILES string of the molecule is CC(NC(=O)c1cc(Cl)ccc1I)c1ccc(-n2ccnc2)cc1. The minimum Gasteiger partial charge on any atom is -0.345 e. The average molecular weight is 452 g/mol. The third-order valence-corrected chi connectivity index (χ3v) is 4.89. The molecule has 1 amide bonds. The monoisotopic (exact) mass is 451 g/mol. The third-order valence-electron chi connectivity index (χ3n) is 3.72. The van der Waals surface area contributed by atoms with E-state index in [1.54, 1.807) is 24.7 Å². The molecule has 1 unspecified atom stereocenters. The number of imidazole rings is 1. The fourth-order valence-corrected chi connectivity index (χ4v) is 3.13. The van der Waals surface area contributed by atoms with E-state index in [1.807, 2.05) is 48.0 Å². The number of rotatable bonds is 4. The molecular weight excluding hydrogens is 437 g/mol. The van der Waals surface area contributed by atoms with Gasteiger partial charge in [-0.1, -0.05) is 23.7 Å². The Kier molecular flexibility index (Phi) is 5.20. The Morgan fingerprint density at radius 1 is 1.25 bits per heavy atom. The first-order valence-corrected chi connectivity index (χ1v) is 8.84. The number of benzene rings is 2. The Morgan fingerprint density at radius 2 is 2.00 bits per heavy atom. The molecule has 1 N–H and O–H groups in total. The van der Waals surface area contributed by atoms with Crippen LogP contribution in [0.2, 0.25) is 5.02 Å². The van der Waals surface area contributed by atoms with Crippen LogP contribution in [0.1, 0.15) is 28.9 Å². The van der Waals surface area contributed by atoms with E-state index in [4.69, 9.17) is 11.6 Å². The van der Waals surface area contributed by atoms with Crippen LogP contribution >= 0.6 is 34.2 Å². The number of aromatic nitrogens is 2. The summed E-state index contributed by atoms with van der Waals surface area (Å²) in [6.45, 7) is 1.96. The van der Waals surface area contributed by atoms with E-state index < -0.39 is 0 Å². The first kappa shape index (κ1) is 17.0. The van der Waals surface area contributed by atoms with Crippen molar-refractivity contribution < 1.29 is 4.79 Å². The van der Waals surface area contributed by atoms with Crippen LogP contribution in [0, 0.1) is 3.57 Å². The maximum Gasteiger partial charge on any atom is 0.252 e. The van der Waals surface area contributed by atoms with Crippen LogP contribution in [0.5, 0.6) is 0 Å². The molecule has 6 heteroatoms. The lowest BCUT2D eigenvalue weighted by Gasteiger charge is -2.16. The summed E-state index contributed by atoms with van der Waals surface area (Å²) in [6, 6.07) is 13.2. The van der Waals surface area contributed by atoms with E-state index in [-0.39, 0.29) is 11.9 Å². The minimum atomic E-state index is -0.131. The van der Waals surface area contributed by atoms with Crippen molar-refractivity contribution in [1.82, 2.24) is 14.9 Å². The molecule has 3 aromatic rings. The Bertz CT molecular complexity index is 847. The zero-order valence-corrected chi connectivity index (χ0v) is 15.8. The second-order valence-electron chi connectivity index (χ2n) is 5.38. The van der Waals surface area contributed by atoms with Crippen molar-refractivity contribution in [2.75, 3.05) is 0 Å². The summed E-state index contributed by atoms with van der Waals surface area (Å²) in [4.78, 5) is 16.5. The van der Waals surface area contributed by atoms with E-state index in [9.17, 15) is 4.79 Å². The van der Waals surface area contributed by atoms with Crippen LogP contribution in [0.3, 0.4) is 0 Å². The molecule has 0 saturated carbocycles. The standard InChI is InChI=1S/C18H15ClIN3O/c1-12(22-18(24)16-10-14(19)4-7-17(16)20)13-2-5-15(6-3-13)23-9-8-21-11-23/h2-12H,1H3,(H,22,24). The molecule has 2 aromatic carbocycles. The first-order valence-electron chi connectivity index (χ1n) is 7.39. The predicted octanol–water partition coefficient (Wildman–Crippen LogP) is 4.62. The van der Waals surface area contributed by atoms with Gasteiger partial charge in [0.2, 0.25) is 0 Å². The third kappa shape index (κ3) is 3.79. The van der Waals surface area contributed by atoms with Crippen molar-refractivity contribution in [2.24, 2.45) is 0 Å². The van der Waals surface area contributed by atoms with Gasteiger partial charge in [-0.2, -0.15) is 0 Å². The van der Waals surface area contributed by atoms with E-state index in [0.717, 1.165) is 14.8 Å². The fraction of sp³-hybridized carbons (Fsp3) is 0.111. The maximum atomic E-state index is 12.5. The van der Waals surface area contributed by atoms with Gasteiger partial charge in [-0.05, 0) is 65.4 Å². The van der Waals surface area contributed by atoms with Gasteiger partial charge in [0.15, 0.2) is 0 Å². The lowest BCUT2D eigenvalue weighted by atomic mass is 10.1. The lowest BCUT2D eigenvalue weighted by molar-refractivity contribution is 0.0939. The average Bonchev–Trinajstić information content (AvgIpc) is 3.11. The zero-order valence-electron chi connectivity index (χ0n) is 12.9. The summed E-state index contributed by atoms with van der Waals surface area (Å²) in [6.07, 6.45) is 5.38. The summed E-state index contributed by atoms with van der Waals surface area (Å²) in [5.74, 6) is -0.131. The summed E-state index contributed by atoms with van der Waals surface area (Å²) in [7, 11) is 0. The molecule has 0 bridgehead atoms. The molecule has 0 aliphatic rings. The van der Waals surface area contributed by atoms with Crippen molar-refractivity contribution in [1.29, 1.82) is 0 Å². The van der Waals surface area contributed by atoms with Crippen LogP contribution in [-0.4, -0.2) is 15.5 Å². The van der Waals surface area contributed by atoms with Crippen molar-refractivity contribution in [2.45, 2.75) is 13.0 Å². The molecule has 0 radical (unpaired) electrons. The number of nitrogens with zero attached hydrogens (tertiary/aromatic N) is 2. The van der Waals surface area contributed by atoms with Crippen LogP contribution in [0.15, 0.2) is 61.2 Å². The quantitative estimate of drug-likeness (QED) is 0.588. The van der Waals surface area contributed by atoms with Crippen LogP contribution in [-0.2, 0) is 0 Å². The second kappa shape index (κ2) is 7.36. The number of hydrogen-bond acceptors (Lipinski definition) is 2. The zero-order chi connectivity index (χ0) is 17.1. The number of nitrogens with one attached hydrogen (secondary N) is 1. The topological polar surface area (TPSA) is 46.9 Å². The van der Waals surface area contributed by atoms with Gasteiger partial charge in [0.25, 0.3) is 5.91 Å². The lowest BCUT2D eigenvalue weighted by Crippen LogP contribution is -2.27. The molecule has 4 nitrogen and oxygen atoms in total. The Labute approximate surface area is 159 Å². The molecule has 24 heavy (non-hydrogen) atoms. The first-order chi connectivity index (χ1) is 11.5. The predicted molar refractivity (Wildman–Crippen MR) is 104 cm³/mol. The molecule has 122 valence electrons. The summed E-state index contributed by atoms with van der Waals surface area (Å²) < 4.78 is 2.80. The van der Waals surface area contributed by atoms with Gasteiger partial charge in [0, 0.05) is 26.7 Å². The van der Waals surface area contributed by atoms with E-state index in [2.05, 4.69) is 32.9 Å². The van der Waals surface area contributed by atoms with Crippen LogP contribution in [0.25, 0.3) is 5.69 Å². The molecule has 0 saturated heterocycles. The van der Waals surface area contributed by atoms with Gasteiger partial charge < -0.3 is 9.88 Å². The molecule has 3 rings (SSSR count). The Hall–Kier alpha value is -1.86. The highest BCUT2D eigenvalue weighted by Crippen LogP contribution is 2.20. The van der Waals surface area contributed by atoms with Gasteiger partial charge in [-0.3, -0.25) is 4.79 Å². The normalized spacial score (nSPS) is 12.0. The number of halogens is 2. The van der Waals surface area contributed by atoms with Crippen LogP contribution < -0.4 is 5.32 Å². The smallest absolute Gasteiger partial charge is 0.252 e. The molecule has 1 aromatic heterocycles. The largest absolute Gasteiger partial charge is 0.345 e. The van der Waals surface area contributed by atoms with Crippen molar-refractivity contribution in [3.63, 3.8) is 0 Å². The minimum absolute atomic E-state index is 0.107. The van der Waals surface area contributed by atoms with Crippen molar-refractivity contribution in [3.8, 4) is 5.69 Å². The highest BCUT2D eigenvalue weighted by Gasteiger charge is 2.14. The van der Waals surface area contributed by atoms with Gasteiger partial charge in [-0.25, -0.2) is 4.98 Å². The van der Waals surface area contributed by atoms with Gasteiger partial charge >= 0.3 is 0 Å². The Balaban J connectivity index is 1.73. The molecule has 1 atom stereocenters. The van der Waals surface area contributed by atoms with E-state index in [0.29, 0.717) is 10.6 Å². The molecule has 0 aliphatic carbocycles. The highest BCUT2D eigenvalue weighted by atomic mass is 127. The number of amides is 1. The summed E-state index contributed by atoms with van der Waals surface area (Å²) in [5, 5.41) is 3.57. The van der Waals surface area contributed by atoms with Crippen LogP contribution in [0.4, 0.5) is 0 Å². The van der Waals surface area contributed by atoms with Gasteiger partial charge in [0.1, 0.15) is 0 Å². The molecule has 1 heterocycles. The maximum absolute atomic E-state index is 12.5. The molecule has 0 fully saturated rings. The van der Waals surface area contributed by atoms with E-state index in [1.165, 1.54) is 0 Å². The molecular formula is C18H15ClIN3O. The summed E-state index contributed by atoms with van der Waals surface area (Å²) >= 11 is 8.13. The van der Waals surface area contributed by atoms with Gasteiger partial charge in [-0.15, -0.1) is 0 Å². The highest BCUT2D eigenvalue weighted by molar-refractivity contribution is 14.1. The number of hydrogen-bond donors (Lipinski definition) is 1. The van der Waals surface area contributed by atoms with E-state index >= 15 is 0 Å². The molecule has 0 spiro atoms. The van der Waals surface area contributed by atoms with Gasteiger partial charge in [0.05, 0.1) is 17.9 Å². The van der Waals surface area contributed by atoms with Crippen molar-refractivity contribution >= 4 is 40.1 Å². The Morgan fingerprint density at radius 3 is 2.67 bits per heavy atom. The van der Waals surface area contributed by atoms with Crippen molar-refractivity contribution in [3.05, 3.63) is 80.9 Å². The summed E-state index contributed by atoms with van der Waals surface area (Å²) in [5.41, 5.74) is 2.65. The second-order valence-corrected chi connectivity index (χ2v) is 6.98. The fourth-order valence-electron chi connectivity index (χ4n) is 2.38. The number of carbonyl (C=O) groups excluding carboxylic acids is 1.